The molecule has 0 atom stereocenters. The predicted octanol–water partition coefficient (Wildman–Crippen LogP) is 5.59. The van der Waals surface area contributed by atoms with Crippen LogP contribution in [0.2, 0.25) is 0 Å². The molecule has 0 aliphatic carbocycles. The molecule has 4 aromatic rings. The number of nitrogens with zero attached hydrogens (tertiary/aromatic N) is 5. The predicted molar refractivity (Wildman–Crippen MR) is 141 cm³/mol. The molecule has 2 aromatic heterocycles. The standard InChI is InChI=1S/C16H21N3O2.C11H13N3/c1-16(2,3)21-15(20)19(5)13-11-18(4)17-14(13)12-9-7-6-8-10-12;1-12-10-8-14(2)13-11(10)9-6-4-3-5-7-9/h6-11H,1-5H3;3-8,12H,1-2H3. The number of carbonyl (C=O) groups excluding carboxylic acids is 1. The van der Waals surface area contributed by atoms with Gasteiger partial charge in [-0.05, 0) is 20.8 Å². The van der Waals surface area contributed by atoms with Gasteiger partial charge >= 0.3 is 6.09 Å². The number of nitrogens with one attached hydrogen (secondary N) is 1. The van der Waals surface area contributed by atoms with E-state index in [1.165, 1.54) is 4.90 Å². The molecule has 8 heteroatoms. The first-order valence-electron chi connectivity index (χ1n) is 11.4. The van der Waals surface area contributed by atoms with Gasteiger partial charge in [0.05, 0.1) is 11.4 Å². The molecule has 0 radical (unpaired) electrons. The number of aryl methyl sites for hydroxylation is 2. The molecular weight excluding hydrogens is 440 g/mol. The van der Waals surface area contributed by atoms with E-state index in [0.29, 0.717) is 0 Å². The first-order valence-corrected chi connectivity index (χ1v) is 11.4. The van der Waals surface area contributed by atoms with Crippen molar-refractivity contribution in [1.29, 1.82) is 0 Å². The Morgan fingerprint density at radius 2 is 1.34 bits per heavy atom. The molecule has 0 saturated heterocycles. The maximum Gasteiger partial charge on any atom is 0.414 e. The van der Waals surface area contributed by atoms with Crippen LogP contribution in [0.3, 0.4) is 0 Å². The number of anilines is 2. The SMILES string of the molecule is CN(C(=O)OC(C)(C)C)c1cn(C)nc1-c1ccccc1.CNc1cn(C)nc1-c1ccccc1. The number of hydrogen-bond acceptors (Lipinski definition) is 5. The fourth-order valence-electron chi connectivity index (χ4n) is 3.43. The van der Waals surface area contributed by atoms with Crippen LogP contribution in [-0.4, -0.2) is 45.4 Å². The van der Waals surface area contributed by atoms with E-state index in [0.717, 1.165) is 33.9 Å². The summed E-state index contributed by atoms with van der Waals surface area (Å²) in [4.78, 5) is 13.7. The molecule has 0 bridgehead atoms. The largest absolute Gasteiger partial charge is 0.443 e. The van der Waals surface area contributed by atoms with Crippen LogP contribution in [0.1, 0.15) is 20.8 Å². The molecule has 1 N–H and O–H groups in total. The Bertz CT molecular complexity index is 1240. The maximum atomic E-state index is 12.2. The Morgan fingerprint density at radius 1 is 0.857 bits per heavy atom. The first kappa shape index (κ1) is 25.6. The van der Waals surface area contributed by atoms with Crippen molar-refractivity contribution >= 4 is 17.5 Å². The monoisotopic (exact) mass is 474 g/mol. The second-order valence-corrected chi connectivity index (χ2v) is 9.12. The van der Waals surface area contributed by atoms with Crippen LogP contribution in [0.25, 0.3) is 22.5 Å². The molecule has 0 unspecified atom stereocenters. The third-order valence-corrected chi connectivity index (χ3v) is 5.03. The van der Waals surface area contributed by atoms with Crippen molar-refractivity contribution < 1.29 is 9.53 Å². The molecule has 1 amide bonds. The molecular formula is C27H34N6O2. The van der Waals surface area contributed by atoms with Gasteiger partial charge in [-0.15, -0.1) is 0 Å². The second kappa shape index (κ2) is 10.9. The lowest BCUT2D eigenvalue weighted by Crippen LogP contribution is -2.34. The molecule has 4 rings (SSSR count). The number of benzene rings is 2. The lowest BCUT2D eigenvalue weighted by molar-refractivity contribution is 0.0589. The third-order valence-electron chi connectivity index (χ3n) is 5.03. The van der Waals surface area contributed by atoms with Crippen LogP contribution in [0, 0.1) is 0 Å². The Labute approximate surface area is 207 Å². The average molecular weight is 475 g/mol. The number of carbonyl (C=O) groups is 1. The molecule has 35 heavy (non-hydrogen) atoms. The van der Waals surface area contributed by atoms with E-state index >= 15 is 0 Å². The highest BCUT2D eigenvalue weighted by Gasteiger charge is 2.24. The summed E-state index contributed by atoms with van der Waals surface area (Å²) in [5, 5.41) is 12.0. The van der Waals surface area contributed by atoms with Gasteiger partial charge in [-0.25, -0.2) is 4.79 Å². The minimum Gasteiger partial charge on any atom is -0.443 e. The zero-order valence-electron chi connectivity index (χ0n) is 21.5. The number of rotatable bonds is 4. The highest BCUT2D eigenvalue weighted by atomic mass is 16.6. The van der Waals surface area contributed by atoms with Crippen LogP contribution in [0.15, 0.2) is 73.1 Å². The van der Waals surface area contributed by atoms with E-state index in [2.05, 4.69) is 27.6 Å². The Balaban J connectivity index is 0.000000211. The van der Waals surface area contributed by atoms with Crippen LogP contribution < -0.4 is 10.2 Å². The van der Waals surface area contributed by atoms with E-state index in [4.69, 9.17) is 4.74 Å². The summed E-state index contributed by atoms with van der Waals surface area (Å²) in [6.07, 6.45) is 3.39. The molecule has 0 aliphatic heterocycles. The lowest BCUT2D eigenvalue weighted by Gasteiger charge is -2.24. The number of aromatic nitrogens is 4. The van der Waals surface area contributed by atoms with Crippen molar-refractivity contribution in [2.75, 3.05) is 24.3 Å². The van der Waals surface area contributed by atoms with Crippen molar-refractivity contribution in [1.82, 2.24) is 19.6 Å². The number of ether oxygens (including phenoxy) is 1. The van der Waals surface area contributed by atoms with Crippen molar-refractivity contribution in [3.05, 3.63) is 73.1 Å². The Hall–Kier alpha value is -4.07. The Morgan fingerprint density at radius 3 is 1.86 bits per heavy atom. The summed E-state index contributed by atoms with van der Waals surface area (Å²) in [5.74, 6) is 0. The summed E-state index contributed by atoms with van der Waals surface area (Å²) in [7, 11) is 7.35. The second-order valence-electron chi connectivity index (χ2n) is 9.12. The zero-order valence-corrected chi connectivity index (χ0v) is 21.5. The van der Waals surface area contributed by atoms with E-state index < -0.39 is 11.7 Å². The van der Waals surface area contributed by atoms with Gasteiger partial charge in [0.15, 0.2) is 0 Å². The Kier molecular flexibility index (Phi) is 7.96. The first-order chi connectivity index (χ1) is 16.6. The molecule has 0 aliphatic rings. The number of amides is 1. The molecule has 0 spiro atoms. The zero-order chi connectivity index (χ0) is 25.6. The van der Waals surface area contributed by atoms with Gasteiger partial charge < -0.3 is 10.1 Å². The highest BCUT2D eigenvalue weighted by Crippen LogP contribution is 2.29. The quantitative estimate of drug-likeness (QED) is 0.417. The lowest BCUT2D eigenvalue weighted by atomic mass is 10.1. The van der Waals surface area contributed by atoms with Gasteiger partial charge in [0.25, 0.3) is 0 Å². The molecule has 2 aromatic carbocycles. The van der Waals surface area contributed by atoms with Crippen LogP contribution in [0.4, 0.5) is 16.2 Å². The van der Waals surface area contributed by atoms with Crippen LogP contribution >= 0.6 is 0 Å². The fraction of sp³-hybridized carbons (Fsp3) is 0.296. The van der Waals surface area contributed by atoms with E-state index in [9.17, 15) is 4.79 Å². The van der Waals surface area contributed by atoms with Crippen LogP contribution in [-0.2, 0) is 18.8 Å². The summed E-state index contributed by atoms with van der Waals surface area (Å²) in [5.41, 5.74) is 5.10. The maximum absolute atomic E-state index is 12.2. The van der Waals surface area contributed by atoms with E-state index in [-0.39, 0.29) is 0 Å². The molecule has 0 fully saturated rings. The third kappa shape index (κ3) is 6.72. The van der Waals surface area contributed by atoms with Crippen molar-refractivity contribution in [2.45, 2.75) is 26.4 Å². The fourth-order valence-corrected chi connectivity index (χ4v) is 3.43. The van der Waals surface area contributed by atoms with E-state index in [1.807, 2.05) is 108 Å². The van der Waals surface area contributed by atoms with Gasteiger partial charge in [-0.2, -0.15) is 10.2 Å². The smallest absolute Gasteiger partial charge is 0.414 e. The topological polar surface area (TPSA) is 77.2 Å². The van der Waals surface area contributed by atoms with E-state index in [1.54, 1.807) is 11.7 Å². The normalized spacial score (nSPS) is 10.8. The minimum atomic E-state index is -0.527. The van der Waals surface area contributed by atoms with Crippen molar-refractivity contribution in [3.8, 4) is 22.5 Å². The molecule has 184 valence electrons. The molecule has 8 nitrogen and oxygen atoms in total. The van der Waals surface area contributed by atoms with Gasteiger partial charge in [-0.1, -0.05) is 60.7 Å². The van der Waals surface area contributed by atoms with Gasteiger partial charge in [-0.3, -0.25) is 14.3 Å². The minimum absolute atomic E-state index is 0.396. The summed E-state index contributed by atoms with van der Waals surface area (Å²) in [6.45, 7) is 5.54. The summed E-state index contributed by atoms with van der Waals surface area (Å²) in [6, 6.07) is 19.9. The summed E-state index contributed by atoms with van der Waals surface area (Å²) < 4.78 is 8.91. The van der Waals surface area contributed by atoms with Crippen LogP contribution in [0.5, 0.6) is 0 Å². The summed E-state index contributed by atoms with van der Waals surface area (Å²) >= 11 is 0. The molecule has 0 saturated carbocycles. The average Bonchev–Trinajstić information content (AvgIpc) is 3.41. The van der Waals surface area contributed by atoms with Gasteiger partial charge in [0.2, 0.25) is 0 Å². The van der Waals surface area contributed by atoms with Gasteiger partial charge in [0.1, 0.15) is 17.0 Å². The number of hydrogen-bond donors (Lipinski definition) is 1. The molecule has 2 heterocycles. The van der Waals surface area contributed by atoms with Gasteiger partial charge in [0, 0.05) is 51.7 Å². The van der Waals surface area contributed by atoms with Crippen molar-refractivity contribution in [3.63, 3.8) is 0 Å². The highest BCUT2D eigenvalue weighted by molar-refractivity contribution is 5.92. The van der Waals surface area contributed by atoms with Crippen molar-refractivity contribution in [2.24, 2.45) is 14.1 Å².